The predicted molar refractivity (Wildman–Crippen MR) is 130 cm³/mol. The molecule has 2 aromatic heterocycles. The maximum atomic E-state index is 13.5. The van der Waals surface area contributed by atoms with E-state index in [9.17, 15) is 14.0 Å². The summed E-state index contributed by atoms with van der Waals surface area (Å²) in [6.45, 7) is -0.209. The summed E-state index contributed by atoms with van der Waals surface area (Å²) in [5.41, 5.74) is 2.25. The van der Waals surface area contributed by atoms with Crippen molar-refractivity contribution in [3.63, 3.8) is 0 Å². The van der Waals surface area contributed by atoms with Crippen LogP contribution in [0.2, 0.25) is 0 Å². The van der Waals surface area contributed by atoms with Crippen LogP contribution in [0.3, 0.4) is 0 Å². The third-order valence-corrected chi connectivity index (χ3v) is 6.37. The molecule has 1 aliphatic rings. The zero-order valence-corrected chi connectivity index (χ0v) is 20.0. The van der Waals surface area contributed by atoms with Crippen molar-refractivity contribution >= 4 is 38.6 Å². The number of hydrogen-bond acceptors (Lipinski definition) is 6. The Bertz CT molecular complexity index is 1480. The van der Waals surface area contributed by atoms with Crippen molar-refractivity contribution in [3.05, 3.63) is 92.8 Å². The highest BCUT2D eigenvalue weighted by atomic mass is 79.9. The number of fused-ring (bicyclic) bond motifs is 1. The van der Waals surface area contributed by atoms with Crippen molar-refractivity contribution in [2.45, 2.75) is 25.6 Å². The Balaban J connectivity index is 1.47. The summed E-state index contributed by atoms with van der Waals surface area (Å²) in [4.78, 5) is 30.6. The molecule has 3 heterocycles. The standard InChI is InChI=1S/C24H20BrFN6O3/c25-17-5-1-15(2-6-17)20-11-21(16-3-7-18(26)8-4-16)32(29-20)22(34)13-30-14-27-23-19(24(30)35)12-28-31(23)9-10-33/h1-8,12,14,21,33H,9-11,13H2. The number of halogens is 2. The highest BCUT2D eigenvalue weighted by Gasteiger charge is 2.33. The number of carbonyl (C=O) groups is 1. The molecule has 1 atom stereocenters. The fraction of sp³-hybridized carbons (Fsp3) is 0.208. The third kappa shape index (κ3) is 4.52. The number of amides is 1. The summed E-state index contributed by atoms with van der Waals surface area (Å²) in [7, 11) is 0. The van der Waals surface area contributed by atoms with Crippen LogP contribution in [0.1, 0.15) is 23.6 Å². The highest BCUT2D eigenvalue weighted by Crippen LogP contribution is 2.33. The first-order valence-electron chi connectivity index (χ1n) is 10.9. The van der Waals surface area contributed by atoms with Crippen LogP contribution in [0, 0.1) is 5.82 Å². The molecule has 178 valence electrons. The zero-order valence-electron chi connectivity index (χ0n) is 18.4. The van der Waals surface area contributed by atoms with E-state index < -0.39 is 17.5 Å². The first-order valence-corrected chi connectivity index (χ1v) is 11.7. The van der Waals surface area contributed by atoms with Crippen molar-refractivity contribution < 1.29 is 14.3 Å². The van der Waals surface area contributed by atoms with Crippen LogP contribution in [0.25, 0.3) is 11.0 Å². The zero-order chi connectivity index (χ0) is 24.5. The maximum absolute atomic E-state index is 13.5. The van der Waals surface area contributed by atoms with E-state index in [2.05, 4.69) is 31.1 Å². The molecule has 0 fully saturated rings. The number of rotatable bonds is 6. The van der Waals surface area contributed by atoms with Crippen molar-refractivity contribution in [1.82, 2.24) is 24.3 Å². The average Bonchev–Trinajstić information content (AvgIpc) is 3.48. The Morgan fingerprint density at radius 1 is 1.14 bits per heavy atom. The van der Waals surface area contributed by atoms with Crippen LogP contribution in [0.4, 0.5) is 4.39 Å². The van der Waals surface area contributed by atoms with Gasteiger partial charge in [-0.1, -0.05) is 40.2 Å². The Kier molecular flexibility index (Phi) is 6.27. The number of aromatic nitrogens is 4. The van der Waals surface area contributed by atoms with Gasteiger partial charge in [0.15, 0.2) is 5.65 Å². The van der Waals surface area contributed by atoms with Gasteiger partial charge >= 0.3 is 0 Å². The van der Waals surface area contributed by atoms with Gasteiger partial charge in [-0.3, -0.25) is 14.2 Å². The molecular formula is C24H20BrFN6O3. The molecule has 0 bridgehead atoms. The van der Waals surface area contributed by atoms with Crippen LogP contribution < -0.4 is 5.56 Å². The first kappa shape index (κ1) is 23.1. The van der Waals surface area contributed by atoms with Crippen molar-refractivity contribution in [2.24, 2.45) is 5.10 Å². The largest absolute Gasteiger partial charge is 0.394 e. The Hall–Kier alpha value is -3.70. The second-order valence-electron chi connectivity index (χ2n) is 8.07. The number of nitrogens with zero attached hydrogens (tertiary/aromatic N) is 6. The van der Waals surface area contributed by atoms with Crippen LogP contribution in [0.5, 0.6) is 0 Å². The predicted octanol–water partition coefficient (Wildman–Crippen LogP) is 2.86. The summed E-state index contributed by atoms with van der Waals surface area (Å²) in [6.07, 6.45) is 3.11. The molecular weight excluding hydrogens is 519 g/mol. The SMILES string of the molecule is O=C(Cn1cnc2c(cnn2CCO)c1=O)N1N=C(c2ccc(Br)cc2)CC1c1ccc(F)cc1. The summed E-state index contributed by atoms with van der Waals surface area (Å²) < 4.78 is 17.1. The van der Waals surface area contributed by atoms with E-state index in [0.29, 0.717) is 17.8 Å². The third-order valence-electron chi connectivity index (χ3n) is 5.84. The average molecular weight is 539 g/mol. The van der Waals surface area contributed by atoms with E-state index in [1.807, 2.05) is 24.3 Å². The number of benzene rings is 2. The van der Waals surface area contributed by atoms with Crippen molar-refractivity contribution in [2.75, 3.05) is 6.61 Å². The summed E-state index contributed by atoms with van der Waals surface area (Å²) in [6, 6.07) is 13.1. The second kappa shape index (κ2) is 9.51. The molecule has 0 saturated carbocycles. The van der Waals surface area contributed by atoms with Gasteiger partial charge in [0.1, 0.15) is 24.1 Å². The fourth-order valence-electron chi connectivity index (χ4n) is 4.09. The number of carbonyl (C=O) groups excluding carboxylic acids is 1. The van der Waals surface area contributed by atoms with E-state index in [4.69, 9.17) is 5.11 Å². The number of aliphatic hydroxyl groups excluding tert-OH is 1. The quantitative estimate of drug-likeness (QED) is 0.406. The molecule has 1 amide bonds. The smallest absolute Gasteiger partial charge is 0.264 e. The lowest BCUT2D eigenvalue weighted by Gasteiger charge is -2.22. The molecule has 0 radical (unpaired) electrons. The van der Waals surface area contributed by atoms with Gasteiger partial charge < -0.3 is 5.11 Å². The molecule has 1 unspecified atom stereocenters. The lowest BCUT2D eigenvalue weighted by atomic mass is 9.98. The molecule has 1 aliphatic heterocycles. The molecule has 0 saturated heterocycles. The number of aliphatic hydroxyl groups is 1. The minimum atomic E-state index is -0.443. The van der Waals surface area contributed by atoms with Gasteiger partial charge in [0.25, 0.3) is 11.5 Å². The summed E-state index contributed by atoms with van der Waals surface area (Å²) in [5, 5.41) is 19.4. The monoisotopic (exact) mass is 538 g/mol. The van der Waals surface area contributed by atoms with Gasteiger partial charge in [-0.25, -0.2) is 19.1 Å². The Morgan fingerprint density at radius 2 is 1.89 bits per heavy atom. The molecule has 11 heteroatoms. The summed E-state index contributed by atoms with van der Waals surface area (Å²) >= 11 is 3.42. The first-order chi connectivity index (χ1) is 16.9. The van der Waals surface area contributed by atoms with E-state index in [-0.39, 0.29) is 30.9 Å². The fourth-order valence-corrected chi connectivity index (χ4v) is 4.35. The van der Waals surface area contributed by atoms with E-state index in [1.165, 1.54) is 38.9 Å². The van der Waals surface area contributed by atoms with E-state index >= 15 is 0 Å². The molecule has 5 rings (SSSR count). The minimum Gasteiger partial charge on any atom is -0.394 e. The van der Waals surface area contributed by atoms with E-state index in [1.54, 1.807) is 12.1 Å². The lowest BCUT2D eigenvalue weighted by molar-refractivity contribution is -0.133. The lowest BCUT2D eigenvalue weighted by Crippen LogP contribution is -2.34. The van der Waals surface area contributed by atoms with Gasteiger partial charge in [0, 0.05) is 10.9 Å². The maximum Gasteiger partial charge on any atom is 0.264 e. The van der Waals surface area contributed by atoms with Crippen LogP contribution in [-0.2, 0) is 17.9 Å². The minimum absolute atomic E-state index is 0.140. The molecule has 0 spiro atoms. The van der Waals surface area contributed by atoms with Gasteiger partial charge in [-0.05, 0) is 35.4 Å². The Morgan fingerprint density at radius 3 is 2.60 bits per heavy atom. The molecule has 2 aromatic carbocycles. The highest BCUT2D eigenvalue weighted by molar-refractivity contribution is 9.10. The number of hydrazone groups is 1. The molecule has 1 N–H and O–H groups in total. The number of hydrogen-bond donors (Lipinski definition) is 1. The van der Waals surface area contributed by atoms with Gasteiger partial charge in [-0.15, -0.1) is 0 Å². The Labute approximate surface area is 207 Å². The van der Waals surface area contributed by atoms with Gasteiger partial charge in [-0.2, -0.15) is 10.2 Å². The summed E-state index contributed by atoms with van der Waals surface area (Å²) in [5.74, 6) is -0.774. The van der Waals surface area contributed by atoms with Gasteiger partial charge in [0.2, 0.25) is 0 Å². The van der Waals surface area contributed by atoms with Crippen molar-refractivity contribution in [1.29, 1.82) is 0 Å². The molecule has 9 nitrogen and oxygen atoms in total. The second-order valence-corrected chi connectivity index (χ2v) is 8.99. The van der Waals surface area contributed by atoms with Crippen LogP contribution in [0.15, 0.2) is 75.4 Å². The van der Waals surface area contributed by atoms with Gasteiger partial charge in [0.05, 0.1) is 31.1 Å². The van der Waals surface area contributed by atoms with E-state index in [0.717, 1.165) is 15.6 Å². The molecule has 4 aromatic rings. The van der Waals surface area contributed by atoms with Crippen LogP contribution >= 0.6 is 15.9 Å². The molecule has 35 heavy (non-hydrogen) atoms. The van der Waals surface area contributed by atoms with Crippen molar-refractivity contribution in [3.8, 4) is 0 Å². The molecule has 0 aliphatic carbocycles. The van der Waals surface area contributed by atoms with Crippen LogP contribution in [-0.4, -0.2) is 47.7 Å². The topological polar surface area (TPSA) is 106 Å². The normalized spacial score (nSPS) is 15.6.